The van der Waals surface area contributed by atoms with E-state index in [0.717, 1.165) is 9.92 Å². The normalized spacial score (nSPS) is 12.1. The number of carbonyl (C=O) groups is 1. The number of thioether (sulfide) groups is 1. The number of carbonyl (C=O) groups excluding carboxylic acids is 1. The number of nitrogens with two attached hydrogens (primary N) is 1. The molecular formula is C23H33ClFNOS. The quantitative estimate of drug-likeness (QED) is 0.530. The van der Waals surface area contributed by atoms with E-state index in [1.807, 2.05) is 33.8 Å². The van der Waals surface area contributed by atoms with Crippen LogP contribution in [0.4, 0.5) is 4.39 Å². The highest BCUT2D eigenvalue weighted by molar-refractivity contribution is 7.99. The molecule has 1 amide bonds. The van der Waals surface area contributed by atoms with E-state index in [1.54, 1.807) is 24.3 Å². The number of halogens is 2. The summed E-state index contributed by atoms with van der Waals surface area (Å²) in [7, 11) is 0. The summed E-state index contributed by atoms with van der Waals surface area (Å²) in [5.41, 5.74) is 8.50. The highest BCUT2D eigenvalue weighted by Crippen LogP contribution is 2.24. The minimum absolute atomic E-state index is 0.427. The minimum Gasteiger partial charge on any atom is -0.366 e. The number of alkyl halides is 1. The molecular weight excluding hydrogens is 393 g/mol. The number of aryl methyl sites for hydroxylation is 2. The van der Waals surface area contributed by atoms with E-state index >= 15 is 0 Å². The van der Waals surface area contributed by atoms with Crippen molar-refractivity contribution < 1.29 is 9.18 Å². The smallest absolute Gasteiger partial charge is 0.248 e. The van der Waals surface area contributed by atoms with Crippen LogP contribution in [-0.4, -0.2) is 17.8 Å². The first-order chi connectivity index (χ1) is 13.5. The molecule has 0 aliphatic heterocycles. The van der Waals surface area contributed by atoms with Crippen molar-refractivity contribution in [3.8, 4) is 0 Å². The second-order valence-corrected chi connectivity index (χ2v) is 7.28. The van der Waals surface area contributed by atoms with Crippen LogP contribution in [0.5, 0.6) is 0 Å². The van der Waals surface area contributed by atoms with Crippen molar-refractivity contribution in [3.05, 3.63) is 64.2 Å². The van der Waals surface area contributed by atoms with Crippen molar-refractivity contribution in [2.24, 2.45) is 5.73 Å². The third-order valence-electron chi connectivity index (χ3n) is 3.68. The summed E-state index contributed by atoms with van der Waals surface area (Å²) in [5, 5.41) is 0.876. The average Bonchev–Trinajstić information content (AvgIpc) is 3.18. The molecule has 1 aliphatic carbocycles. The number of hydrogen-bond acceptors (Lipinski definition) is 2. The molecule has 0 heterocycles. The molecule has 0 aromatic heterocycles. The number of hydrogen-bond donors (Lipinski definition) is 1. The molecule has 1 atom stereocenters. The van der Waals surface area contributed by atoms with Gasteiger partial charge >= 0.3 is 0 Å². The molecule has 0 fully saturated rings. The van der Waals surface area contributed by atoms with Crippen molar-refractivity contribution >= 4 is 29.3 Å². The van der Waals surface area contributed by atoms with E-state index in [4.69, 9.17) is 17.3 Å². The highest BCUT2D eigenvalue weighted by atomic mass is 35.5. The van der Waals surface area contributed by atoms with E-state index in [-0.39, 0.29) is 0 Å². The Morgan fingerprint density at radius 1 is 1.07 bits per heavy atom. The summed E-state index contributed by atoms with van der Waals surface area (Å²) in [6, 6.07) is 13.0. The van der Waals surface area contributed by atoms with Gasteiger partial charge in [-0.15, -0.1) is 11.8 Å². The molecule has 2 aromatic rings. The maximum absolute atomic E-state index is 12.5. The fourth-order valence-corrected chi connectivity index (χ4v) is 3.41. The summed E-state index contributed by atoms with van der Waals surface area (Å²) < 4.78 is 12.5. The fourth-order valence-electron chi connectivity index (χ4n) is 2.47. The first kappa shape index (κ1) is 26.5. The fraction of sp³-hybridized carbons (Fsp3) is 0.435. The van der Waals surface area contributed by atoms with Crippen LogP contribution in [0.3, 0.4) is 0 Å². The molecule has 5 heteroatoms. The number of fused-ring (bicyclic) bond motifs is 1. The van der Waals surface area contributed by atoms with E-state index in [0.29, 0.717) is 11.3 Å². The molecule has 0 saturated heterocycles. The Morgan fingerprint density at radius 2 is 1.64 bits per heavy atom. The van der Waals surface area contributed by atoms with E-state index in [2.05, 4.69) is 12.1 Å². The van der Waals surface area contributed by atoms with Gasteiger partial charge in [-0.1, -0.05) is 45.4 Å². The van der Waals surface area contributed by atoms with Gasteiger partial charge in [0, 0.05) is 21.2 Å². The van der Waals surface area contributed by atoms with Crippen LogP contribution in [-0.2, 0) is 12.8 Å². The van der Waals surface area contributed by atoms with Crippen molar-refractivity contribution in [1.82, 2.24) is 0 Å². The predicted molar refractivity (Wildman–Crippen MR) is 122 cm³/mol. The van der Waals surface area contributed by atoms with Crippen molar-refractivity contribution in [2.45, 2.75) is 64.9 Å². The van der Waals surface area contributed by atoms with Crippen LogP contribution in [0.2, 0.25) is 5.02 Å². The van der Waals surface area contributed by atoms with Gasteiger partial charge in [0.2, 0.25) is 5.91 Å². The van der Waals surface area contributed by atoms with Gasteiger partial charge in [-0.2, -0.15) is 0 Å². The van der Waals surface area contributed by atoms with Crippen LogP contribution >= 0.6 is 23.4 Å². The lowest BCUT2D eigenvalue weighted by Gasteiger charge is -2.02. The Hall–Kier alpha value is -1.52. The zero-order valence-corrected chi connectivity index (χ0v) is 19.2. The standard InChI is InChI=1S/C10H12FNOS.C9H9Cl.2C2H6/c1-7(11)6-14-9-4-2-8(3-5-9)10(12)13;10-9-5-4-7-2-1-3-8(7)6-9;2*1-2/h2-5,7H,6H2,1H3,(H2,12,13);4-6H,1-3H2;2*1-2H3. The minimum atomic E-state index is -0.823. The zero-order valence-electron chi connectivity index (χ0n) is 17.6. The Kier molecular flexibility index (Phi) is 14.6. The molecule has 0 bridgehead atoms. The van der Waals surface area contributed by atoms with Crippen LogP contribution in [0.1, 0.15) is 62.5 Å². The van der Waals surface area contributed by atoms with Gasteiger partial charge < -0.3 is 5.73 Å². The van der Waals surface area contributed by atoms with Gasteiger partial charge in [0.05, 0.1) is 0 Å². The molecule has 28 heavy (non-hydrogen) atoms. The average molecular weight is 426 g/mol. The van der Waals surface area contributed by atoms with Gasteiger partial charge in [0.25, 0.3) is 0 Å². The maximum Gasteiger partial charge on any atom is 0.248 e. The maximum atomic E-state index is 12.5. The van der Waals surface area contributed by atoms with E-state index in [1.165, 1.54) is 49.1 Å². The summed E-state index contributed by atoms with van der Waals surface area (Å²) in [5.74, 6) is -0.0176. The van der Waals surface area contributed by atoms with Gasteiger partial charge in [-0.3, -0.25) is 4.79 Å². The van der Waals surface area contributed by atoms with Crippen molar-refractivity contribution in [1.29, 1.82) is 0 Å². The SMILES string of the molecule is CC.CC.CC(F)CSc1ccc(C(N)=O)cc1.Clc1ccc2c(c1)CCC2. The highest BCUT2D eigenvalue weighted by Gasteiger charge is 2.09. The zero-order chi connectivity index (χ0) is 21.5. The lowest BCUT2D eigenvalue weighted by molar-refractivity contribution is 0.1000. The van der Waals surface area contributed by atoms with Gasteiger partial charge in [0.15, 0.2) is 0 Å². The topological polar surface area (TPSA) is 43.1 Å². The monoisotopic (exact) mass is 425 g/mol. The van der Waals surface area contributed by atoms with Crippen LogP contribution in [0.15, 0.2) is 47.4 Å². The Labute approximate surface area is 179 Å². The molecule has 3 rings (SSSR count). The Balaban J connectivity index is 0.000000456. The predicted octanol–water partition coefficient (Wildman–Crippen LogP) is 7.12. The third-order valence-corrected chi connectivity index (χ3v) is 5.15. The second-order valence-electron chi connectivity index (χ2n) is 5.75. The molecule has 1 unspecified atom stereocenters. The Morgan fingerprint density at radius 3 is 2.18 bits per heavy atom. The van der Waals surface area contributed by atoms with Gasteiger partial charge in [0.1, 0.15) is 6.17 Å². The number of benzene rings is 2. The lowest BCUT2D eigenvalue weighted by atomic mass is 10.1. The Bertz CT molecular complexity index is 690. The van der Waals surface area contributed by atoms with Crippen molar-refractivity contribution in [2.75, 3.05) is 5.75 Å². The second kappa shape index (κ2) is 15.4. The molecule has 1 aliphatic rings. The summed E-state index contributed by atoms with van der Waals surface area (Å²) in [6.07, 6.45) is 2.94. The number of primary amides is 1. The van der Waals surface area contributed by atoms with Gasteiger partial charge in [-0.05, 0) is 73.7 Å². The largest absolute Gasteiger partial charge is 0.366 e. The molecule has 2 aromatic carbocycles. The molecule has 0 radical (unpaired) electrons. The summed E-state index contributed by atoms with van der Waals surface area (Å²) >= 11 is 7.25. The van der Waals surface area contributed by atoms with Crippen LogP contribution in [0.25, 0.3) is 0 Å². The third kappa shape index (κ3) is 10.1. The molecule has 2 nitrogen and oxygen atoms in total. The van der Waals surface area contributed by atoms with E-state index < -0.39 is 12.1 Å². The van der Waals surface area contributed by atoms with Crippen LogP contribution < -0.4 is 5.73 Å². The first-order valence-electron chi connectivity index (χ1n) is 9.89. The number of amides is 1. The van der Waals surface area contributed by atoms with Gasteiger partial charge in [-0.25, -0.2) is 4.39 Å². The molecule has 2 N–H and O–H groups in total. The number of rotatable bonds is 4. The summed E-state index contributed by atoms with van der Waals surface area (Å²) in [4.78, 5) is 11.7. The molecule has 156 valence electrons. The van der Waals surface area contributed by atoms with Crippen LogP contribution in [0, 0.1) is 0 Å². The summed E-state index contributed by atoms with van der Waals surface area (Å²) in [6.45, 7) is 9.52. The molecule has 0 saturated carbocycles. The molecule has 0 spiro atoms. The van der Waals surface area contributed by atoms with Crippen molar-refractivity contribution in [3.63, 3.8) is 0 Å². The first-order valence-corrected chi connectivity index (χ1v) is 11.3. The lowest BCUT2D eigenvalue weighted by Crippen LogP contribution is -2.10. The van der Waals surface area contributed by atoms with E-state index in [9.17, 15) is 9.18 Å².